The van der Waals surface area contributed by atoms with Crippen molar-refractivity contribution in [3.05, 3.63) is 18.1 Å². The summed E-state index contributed by atoms with van der Waals surface area (Å²) in [5.41, 5.74) is -0.508. The van der Waals surface area contributed by atoms with E-state index in [0.29, 0.717) is 19.6 Å². The molecule has 146 valence electrons. The molecule has 0 aliphatic carbocycles. The van der Waals surface area contributed by atoms with E-state index in [-0.39, 0.29) is 24.0 Å². The Balaban J connectivity index is 1.50. The molecule has 3 saturated heterocycles. The van der Waals surface area contributed by atoms with Gasteiger partial charge in [-0.3, -0.25) is 9.69 Å². The SMILES string of the molecule is Cc1nccc(N2CCC3(CC2)OC(=O)N2CCN(C(=O)C(C)C)CC23)n1. The van der Waals surface area contributed by atoms with E-state index in [1.54, 1.807) is 6.20 Å². The van der Waals surface area contributed by atoms with Crippen molar-refractivity contribution in [1.82, 2.24) is 19.8 Å². The van der Waals surface area contributed by atoms with Crippen molar-refractivity contribution < 1.29 is 14.3 Å². The van der Waals surface area contributed by atoms with Crippen LogP contribution in [0.15, 0.2) is 12.3 Å². The predicted molar refractivity (Wildman–Crippen MR) is 99.3 cm³/mol. The normalized spacial score (nSPS) is 24.4. The van der Waals surface area contributed by atoms with Gasteiger partial charge < -0.3 is 14.5 Å². The number of amides is 2. The molecule has 1 atom stereocenters. The first kappa shape index (κ1) is 18.0. The van der Waals surface area contributed by atoms with Crippen molar-refractivity contribution in [1.29, 1.82) is 0 Å². The highest BCUT2D eigenvalue weighted by Crippen LogP contribution is 2.41. The molecule has 1 aromatic heterocycles. The standard InChI is InChI=1S/C19H27N5O3/c1-13(2)17(25)23-10-11-24-15(12-23)19(27-18(24)26)5-8-22(9-6-19)16-4-7-20-14(3)21-16/h4,7,13,15H,5-6,8-12H2,1-3H3. The smallest absolute Gasteiger partial charge is 0.410 e. The van der Waals surface area contributed by atoms with Crippen LogP contribution in [-0.4, -0.2) is 76.1 Å². The third-order valence-corrected chi connectivity index (χ3v) is 6.01. The molecule has 8 heteroatoms. The van der Waals surface area contributed by atoms with E-state index in [0.717, 1.165) is 37.6 Å². The maximum Gasteiger partial charge on any atom is 0.410 e. The molecule has 0 bridgehead atoms. The van der Waals surface area contributed by atoms with E-state index in [2.05, 4.69) is 14.9 Å². The van der Waals surface area contributed by atoms with Gasteiger partial charge in [0.15, 0.2) is 0 Å². The second-order valence-electron chi connectivity index (χ2n) is 8.03. The zero-order valence-electron chi connectivity index (χ0n) is 16.2. The summed E-state index contributed by atoms with van der Waals surface area (Å²) in [4.78, 5) is 39.5. The molecule has 0 radical (unpaired) electrons. The molecular weight excluding hydrogens is 346 g/mol. The van der Waals surface area contributed by atoms with E-state index < -0.39 is 5.60 Å². The first-order valence-corrected chi connectivity index (χ1v) is 9.73. The zero-order chi connectivity index (χ0) is 19.2. The lowest BCUT2D eigenvalue weighted by molar-refractivity contribution is -0.137. The molecule has 4 heterocycles. The number of hydrogen-bond donors (Lipinski definition) is 0. The Labute approximate surface area is 159 Å². The molecule has 1 unspecified atom stereocenters. The predicted octanol–water partition coefficient (Wildman–Crippen LogP) is 1.44. The zero-order valence-corrected chi connectivity index (χ0v) is 16.2. The van der Waals surface area contributed by atoms with Crippen LogP contribution in [0.1, 0.15) is 32.5 Å². The molecule has 1 spiro atoms. The highest BCUT2D eigenvalue weighted by atomic mass is 16.6. The molecule has 27 heavy (non-hydrogen) atoms. The van der Waals surface area contributed by atoms with Gasteiger partial charge in [-0.05, 0) is 13.0 Å². The highest BCUT2D eigenvalue weighted by molar-refractivity contribution is 5.79. The van der Waals surface area contributed by atoms with Crippen LogP contribution in [0.25, 0.3) is 0 Å². The number of carbonyl (C=O) groups is 2. The first-order chi connectivity index (χ1) is 12.9. The summed E-state index contributed by atoms with van der Waals surface area (Å²) in [5.74, 6) is 1.78. The number of fused-ring (bicyclic) bond motifs is 2. The Hall–Kier alpha value is -2.38. The molecule has 3 aliphatic heterocycles. The lowest BCUT2D eigenvalue weighted by atomic mass is 9.83. The van der Waals surface area contributed by atoms with Crippen LogP contribution in [-0.2, 0) is 9.53 Å². The highest BCUT2D eigenvalue weighted by Gasteiger charge is 2.57. The fourth-order valence-electron chi connectivity index (χ4n) is 4.49. The number of carbonyl (C=O) groups excluding carboxylic acids is 2. The number of ether oxygens (including phenoxy) is 1. The Kier molecular flexibility index (Phi) is 4.44. The van der Waals surface area contributed by atoms with Gasteiger partial charge >= 0.3 is 6.09 Å². The number of piperazine rings is 1. The number of piperidine rings is 1. The number of rotatable bonds is 2. The van der Waals surface area contributed by atoms with Gasteiger partial charge in [0, 0.05) is 57.7 Å². The van der Waals surface area contributed by atoms with Gasteiger partial charge in [0.2, 0.25) is 5.91 Å². The largest absolute Gasteiger partial charge is 0.440 e. The van der Waals surface area contributed by atoms with Gasteiger partial charge in [0.25, 0.3) is 0 Å². The maximum atomic E-state index is 12.5. The van der Waals surface area contributed by atoms with Crippen molar-refractivity contribution in [2.24, 2.45) is 5.92 Å². The molecule has 1 aromatic rings. The molecule has 0 aromatic carbocycles. The lowest BCUT2D eigenvalue weighted by Gasteiger charge is -2.45. The number of aromatic nitrogens is 2. The summed E-state index contributed by atoms with van der Waals surface area (Å²) in [7, 11) is 0. The number of aryl methyl sites for hydroxylation is 1. The van der Waals surface area contributed by atoms with Crippen LogP contribution in [0.2, 0.25) is 0 Å². The first-order valence-electron chi connectivity index (χ1n) is 9.73. The lowest BCUT2D eigenvalue weighted by Crippen LogP contribution is -2.61. The van der Waals surface area contributed by atoms with E-state index >= 15 is 0 Å². The van der Waals surface area contributed by atoms with Gasteiger partial charge in [0.05, 0.1) is 6.04 Å². The Morgan fingerprint density at radius 3 is 2.67 bits per heavy atom. The van der Waals surface area contributed by atoms with Crippen LogP contribution in [0.5, 0.6) is 0 Å². The maximum absolute atomic E-state index is 12.5. The second kappa shape index (κ2) is 6.65. The van der Waals surface area contributed by atoms with Crippen LogP contribution in [0.4, 0.5) is 10.6 Å². The molecule has 3 aliphatic rings. The van der Waals surface area contributed by atoms with Crippen molar-refractivity contribution in [3.63, 3.8) is 0 Å². The molecule has 4 rings (SSSR count). The third kappa shape index (κ3) is 3.11. The summed E-state index contributed by atoms with van der Waals surface area (Å²) in [6.07, 6.45) is 3.03. The fraction of sp³-hybridized carbons (Fsp3) is 0.684. The molecule has 2 amide bonds. The minimum absolute atomic E-state index is 0.0339. The molecule has 8 nitrogen and oxygen atoms in total. The van der Waals surface area contributed by atoms with Gasteiger partial charge in [0.1, 0.15) is 17.2 Å². The summed E-state index contributed by atoms with van der Waals surface area (Å²) in [6, 6.07) is 1.86. The molecule has 0 N–H and O–H groups in total. The monoisotopic (exact) mass is 373 g/mol. The Morgan fingerprint density at radius 2 is 2.00 bits per heavy atom. The van der Waals surface area contributed by atoms with Crippen molar-refractivity contribution in [2.75, 3.05) is 37.6 Å². The van der Waals surface area contributed by atoms with Gasteiger partial charge in [-0.2, -0.15) is 0 Å². The van der Waals surface area contributed by atoms with Gasteiger partial charge in [-0.15, -0.1) is 0 Å². The van der Waals surface area contributed by atoms with Crippen molar-refractivity contribution in [3.8, 4) is 0 Å². The second-order valence-corrected chi connectivity index (χ2v) is 8.03. The van der Waals surface area contributed by atoms with E-state index in [1.807, 2.05) is 36.6 Å². The molecule has 0 saturated carbocycles. The van der Waals surface area contributed by atoms with E-state index in [4.69, 9.17) is 4.74 Å². The van der Waals surface area contributed by atoms with Crippen molar-refractivity contribution >= 4 is 17.8 Å². The van der Waals surface area contributed by atoms with E-state index in [9.17, 15) is 9.59 Å². The Bertz CT molecular complexity index is 745. The Morgan fingerprint density at radius 1 is 1.26 bits per heavy atom. The summed E-state index contributed by atoms with van der Waals surface area (Å²) < 4.78 is 5.92. The van der Waals surface area contributed by atoms with Crippen molar-refractivity contribution in [2.45, 2.75) is 45.3 Å². The number of hydrogen-bond acceptors (Lipinski definition) is 6. The number of anilines is 1. The fourth-order valence-corrected chi connectivity index (χ4v) is 4.49. The topological polar surface area (TPSA) is 78.9 Å². The molecule has 3 fully saturated rings. The average molecular weight is 373 g/mol. The summed E-state index contributed by atoms with van der Waals surface area (Å²) in [5, 5.41) is 0. The average Bonchev–Trinajstić information content (AvgIpc) is 2.93. The summed E-state index contributed by atoms with van der Waals surface area (Å²) >= 11 is 0. The summed E-state index contributed by atoms with van der Waals surface area (Å²) in [6.45, 7) is 8.97. The third-order valence-electron chi connectivity index (χ3n) is 6.01. The van der Waals surface area contributed by atoms with Crippen LogP contribution in [0, 0.1) is 12.8 Å². The molecular formula is C19H27N5O3. The van der Waals surface area contributed by atoms with Crippen LogP contribution < -0.4 is 4.90 Å². The van der Waals surface area contributed by atoms with E-state index in [1.165, 1.54) is 0 Å². The van der Waals surface area contributed by atoms with Crippen LogP contribution in [0.3, 0.4) is 0 Å². The van der Waals surface area contributed by atoms with Gasteiger partial charge in [-0.1, -0.05) is 13.8 Å². The minimum atomic E-state index is -0.508. The van der Waals surface area contributed by atoms with Gasteiger partial charge in [-0.25, -0.2) is 14.8 Å². The number of nitrogens with zero attached hydrogens (tertiary/aromatic N) is 5. The minimum Gasteiger partial charge on any atom is -0.440 e. The van der Waals surface area contributed by atoms with Crippen LogP contribution >= 0.6 is 0 Å². The quantitative estimate of drug-likeness (QED) is 0.781.